The van der Waals surface area contributed by atoms with Crippen LogP contribution in [0.3, 0.4) is 0 Å². The van der Waals surface area contributed by atoms with Gasteiger partial charge in [-0.3, -0.25) is 4.98 Å². The second-order valence-electron chi connectivity index (χ2n) is 4.90. The smallest absolute Gasteiger partial charge is 0.295 e. The number of nitrogens with zero attached hydrogens (tertiary/aromatic N) is 2. The number of furan rings is 1. The van der Waals surface area contributed by atoms with Crippen molar-refractivity contribution in [3.8, 4) is 11.3 Å². The molecule has 0 fully saturated rings. The molecule has 3 heterocycles. The number of hydrogen-bond donors (Lipinski definition) is 1. The third kappa shape index (κ3) is 2.44. The first-order chi connectivity index (χ1) is 10.9. The minimum absolute atomic E-state index is 0.514. The van der Waals surface area contributed by atoms with Gasteiger partial charge in [0, 0.05) is 18.3 Å². The van der Waals surface area contributed by atoms with Crippen LogP contribution in [-0.4, -0.2) is 9.97 Å². The lowest BCUT2D eigenvalue weighted by Crippen LogP contribution is -2.00. The fourth-order valence-electron chi connectivity index (χ4n) is 2.24. The minimum atomic E-state index is 0.514. The third-order valence-corrected chi connectivity index (χ3v) is 3.38. The van der Waals surface area contributed by atoms with Crippen LogP contribution in [0.1, 0.15) is 5.56 Å². The summed E-state index contributed by atoms with van der Waals surface area (Å²) in [6.45, 7) is 0.603. The van der Waals surface area contributed by atoms with Crippen LogP contribution in [0.15, 0.2) is 70.0 Å². The topological polar surface area (TPSA) is 64.1 Å². The highest BCUT2D eigenvalue weighted by atomic mass is 16.4. The zero-order chi connectivity index (χ0) is 14.8. The van der Waals surface area contributed by atoms with Gasteiger partial charge in [-0.1, -0.05) is 18.2 Å². The number of oxazole rings is 1. The van der Waals surface area contributed by atoms with Crippen molar-refractivity contribution in [1.82, 2.24) is 9.97 Å². The maximum atomic E-state index is 5.62. The molecule has 0 aliphatic carbocycles. The van der Waals surface area contributed by atoms with Gasteiger partial charge in [-0.25, -0.2) is 0 Å². The van der Waals surface area contributed by atoms with E-state index in [2.05, 4.69) is 15.3 Å². The first-order valence-electron chi connectivity index (χ1n) is 6.95. The van der Waals surface area contributed by atoms with E-state index < -0.39 is 0 Å². The van der Waals surface area contributed by atoms with Gasteiger partial charge in [0.1, 0.15) is 5.52 Å². The van der Waals surface area contributed by atoms with Gasteiger partial charge in [0.2, 0.25) is 0 Å². The number of anilines is 1. The number of pyridine rings is 1. The molecule has 0 saturated carbocycles. The fraction of sp³-hybridized carbons (Fsp3) is 0.0588. The number of aromatic nitrogens is 2. The van der Waals surface area contributed by atoms with E-state index in [1.807, 2.05) is 48.7 Å². The summed E-state index contributed by atoms with van der Waals surface area (Å²) in [6.07, 6.45) is 5.15. The largest absolute Gasteiger partial charge is 0.472 e. The van der Waals surface area contributed by atoms with Crippen LogP contribution in [-0.2, 0) is 6.54 Å². The minimum Gasteiger partial charge on any atom is -0.472 e. The number of rotatable bonds is 4. The summed E-state index contributed by atoms with van der Waals surface area (Å²) in [5.41, 5.74) is 4.53. The second kappa shape index (κ2) is 5.37. The zero-order valence-electron chi connectivity index (χ0n) is 11.7. The Bertz CT molecular complexity index is 847. The van der Waals surface area contributed by atoms with E-state index in [1.165, 1.54) is 0 Å². The molecule has 5 heteroatoms. The molecule has 0 spiro atoms. The second-order valence-corrected chi connectivity index (χ2v) is 4.90. The van der Waals surface area contributed by atoms with E-state index in [0.29, 0.717) is 12.6 Å². The van der Waals surface area contributed by atoms with Crippen LogP contribution in [0.2, 0.25) is 0 Å². The summed E-state index contributed by atoms with van der Waals surface area (Å²) in [7, 11) is 0. The van der Waals surface area contributed by atoms with E-state index in [1.54, 1.807) is 12.5 Å². The van der Waals surface area contributed by atoms with Gasteiger partial charge in [-0.2, -0.15) is 4.98 Å². The van der Waals surface area contributed by atoms with Crippen molar-refractivity contribution >= 4 is 17.1 Å². The molecule has 4 aromatic rings. The summed E-state index contributed by atoms with van der Waals surface area (Å²) in [6, 6.07) is 14.1. The standard InChI is InChI=1S/C17H13N3O2/c1-2-4-16-15(3-1)20-17(22-16)19-10-12-5-6-14(18-9-12)13-7-8-21-11-13/h1-9,11H,10H2,(H,19,20). The predicted octanol–water partition coefficient (Wildman–Crippen LogP) is 4.09. The van der Waals surface area contributed by atoms with Gasteiger partial charge in [0.15, 0.2) is 5.58 Å². The number of benzene rings is 1. The first-order valence-corrected chi connectivity index (χ1v) is 6.95. The lowest BCUT2D eigenvalue weighted by Gasteiger charge is -2.02. The van der Waals surface area contributed by atoms with Crippen molar-refractivity contribution in [3.63, 3.8) is 0 Å². The average molecular weight is 291 g/mol. The highest BCUT2D eigenvalue weighted by Crippen LogP contribution is 2.20. The Balaban J connectivity index is 1.47. The van der Waals surface area contributed by atoms with Gasteiger partial charge >= 0.3 is 0 Å². The van der Waals surface area contributed by atoms with Crippen molar-refractivity contribution in [2.24, 2.45) is 0 Å². The molecule has 0 bridgehead atoms. The lowest BCUT2D eigenvalue weighted by molar-refractivity contribution is 0.568. The maximum Gasteiger partial charge on any atom is 0.295 e. The monoisotopic (exact) mass is 291 g/mol. The molecule has 0 saturated heterocycles. The van der Waals surface area contributed by atoms with Gasteiger partial charge in [-0.05, 0) is 29.8 Å². The fourth-order valence-corrected chi connectivity index (χ4v) is 2.24. The average Bonchev–Trinajstić information content (AvgIpc) is 3.22. The molecule has 0 aliphatic heterocycles. The number of hydrogen-bond acceptors (Lipinski definition) is 5. The predicted molar refractivity (Wildman–Crippen MR) is 83.3 cm³/mol. The Labute approximate surface area is 126 Å². The Morgan fingerprint density at radius 1 is 1.05 bits per heavy atom. The van der Waals surface area contributed by atoms with Crippen LogP contribution in [0.25, 0.3) is 22.4 Å². The summed E-state index contributed by atoms with van der Waals surface area (Å²) in [5, 5.41) is 3.17. The van der Waals surface area contributed by atoms with Crippen LogP contribution in [0.5, 0.6) is 0 Å². The zero-order valence-corrected chi connectivity index (χ0v) is 11.7. The molecule has 108 valence electrons. The van der Waals surface area contributed by atoms with Crippen LogP contribution in [0, 0.1) is 0 Å². The van der Waals surface area contributed by atoms with Crippen molar-refractivity contribution in [2.45, 2.75) is 6.54 Å². The summed E-state index contributed by atoms with van der Waals surface area (Å²) in [4.78, 5) is 8.80. The van der Waals surface area contributed by atoms with Crippen LogP contribution >= 0.6 is 0 Å². The molecular formula is C17H13N3O2. The van der Waals surface area contributed by atoms with Gasteiger partial charge in [0.25, 0.3) is 6.01 Å². The third-order valence-electron chi connectivity index (χ3n) is 3.38. The molecule has 0 unspecified atom stereocenters. The highest BCUT2D eigenvalue weighted by Gasteiger charge is 2.05. The summed E-state index contributed by atoms with van der Waals surface area (Å²) in [5.74, 6) is 0. The molecular weight excluding hydrogens is 278 g/mol. The van der Waals surface area contributed by atoms with Crippen molar-refractivity contribution in [2.75, 3.05) is 5.32 Å². The highest BCUT2D eigenvalue weighted by molar-refractivity contribution is 5.74. The normalized spacial score (nSPS) is 10.9. The summed E-state index contributed by atoms with van der Waals surface area (Å²) >= 11 is 0. The van der Waals surface area contributed by atoms with Crippen LogP contribution < -0.4 is 5.32 Å². The van der Waals surface area contributed by atoms with E-state index in [4.69, 9.17) is 8.83 Å². The molecule has 1 N–H and O–H groups in total. The van der Waals surface area contributed by atoms with Crippen molar-refractivity contribution in [1.29, 1.82) is 0 Å². The molecule has 0 radical (unpaired) electrons. The SMILES string of the molecule is c1ccc2oc(NCc3ccc(-c4ccoc4)nc3)nc2c1. The first kappa shape index (κ1) is 12.6. The number of nitrogens with one attached hydrogen (secondary N) is 1. The Hall–Kier alpha value is -3.08. The Morgan fingerprint density at radius 3 is 2.77 bits per heavy atom. The molecule has 5 nitrogen and oxygen atoms in total. The van der Waals surface area contributed by atoms with E-state index in [-0.39, 0.29) is 0 Å². The molecule has 4 rings (SSSR count). The lowest BCUT2D eigenvalue weighted by atomic mass is 10.2. The van der Waals surface area contributed by atoms with Gasteiger partial charge < -0.3 is 14.2 Å². The van der Waals surface area contributed by atoms with E-state index in [9.17, 15) is 0 Å². The summed E-state index contributed by atoms with van der Waals surface area (Å²) < 4.78 is 10.7. The molecule has 22 heavy (non-hydrogen) atoms. The molecule has 0 atom stereocenters. The van der Waals surface area contributed by atoms with Crippen molar-refractivity contribution < 1.29 is 8.83 Å². The molecule has 1 aromatic carbocycles. The number of fused-ring (bicyclic) bond motifs is 1. The Kier molecular flexibility index (Phi) is 3.08. The Morgan fingerprint density at radius 2 is 2.00 bits per heavy atom. The number of para-hydroxylation sites is 2. The van der Waals surface area contributed by atoms with E-state index in [0.717, 1.165) is 27.9 Å². The van der Waals surface area contributed by atoms with E-state index >= 15 is 0 Å². The van der Waals surface area contributed by atoms with Gasteiger partial charge in [0.05, 0.1) is 18.2 Å². The quantitative estimate of drug-likeness (QED) is 0.613. The molecule has 3 aromatic heterocycles. The van der Waals surface area contributed by atoms with Gasteiger partial charge in [-0.15, -0.1) is 0 Å². The van der Waals surface area contributed by atoms with Crippen LogP contribution in [0.4, 0.5) is 6.01 Å². The molecule has 0 amide bonds. The van der Waals surface area contributed by atoms with Crippen molar-refractivity contribution in [3.05, 3.63) is 66.8 Å². The maximum absolute atomic E-state index is 5.62. The molecule has 0 aliphatic rings.